The van der Waals surface area contributed by atoms with E-state index in [4.69, 9.17) is 9.94 Å². The number of amides is 1. The molecule has 28 heavy (non-hydrogen) atoms. The monoisotopic (exact) mass is 408 g/mol. The molecule has 0 aliphatic carbocycles. The van der Waals surface area contributed by atoms with Gasteiger partial charge in [0, 0.05) is 0 Å². The number of sulfonamides is 1. The van der Waals surface area contributed by atoms with Gasteiger partial charge >= 0.3 is 0 Å². The molecule has 1 aromatic carbocycles. The molecule has 3 aromatic rings. The van der Waals surface area contributed by atoms with Crippen molar-refractivity contribution in [3.8, 4) is 0 Å². The zero-order valence-electron chi connectivity index (χ0n) is 14.7. The molecule has 0 saturated carbocycles. The molecule has 3 rings (SSSR count). The van der Waals surface area contributed by atoms with Crippen molar-refractivity contribution < 1.29 is 27.5 Å². The Bertz CT molecular complexity index is 1120. The molecule has 2 heterocycles. The van der Waals surface area contributed by atoms with E-state index >= 15 is 0 Å². The van der Waals surface area contributed by atoms with Crippen LogP contribution in [-0.2, 0) is 14.9 Å². The summed E-state index contributed by atoms with van der Waals surface area (Å²) in [5.74, 6) is -1.69. The highest BCUT2D eigenvalue weighted by Gasteiger charge is 2.29. The number of nitrogens with one attached hydrogen (secondary N) is 1. The number of benzene rings is 1. The maximum absolute atomic E-state index is 14.5. The van der Waals surface area contributed by atoms with Gasteiger partial charge in [0.2, 0.25) is 10.0 Å². The van der Waals surface area contributed by atoms with E-state index in [9.17, 15) is 17.6 Å². The molecule has 9 nitrogen and oxygen atoms in total. The molecule has 0 fully saturated rings. The van der Waals surface area contributed by atoms with Crippen LogP contribution in [0.5, 0.6) is 0 Å². The molecule has 0 bridgehead atoms. The maximum Gasteiger partial charge on any atom is 0.278 e. The van der Waals surface area contributed by atoms with E-state index in [1.807, 2.05) is 0 Å². The van der Waals surface area contributed by atoms with Crippen molar-refractivity contribution in [1.29, 1.82) is 0 Å². The molecular weight excluding hydrogens is 391 g/mol. The number of para-hydroxylation sites is 1. The van der Waals surface area contributed by atoms with E-state index in [0.29, 0.717) is 5.52 Å². The first-order valence-electron chi connectivity index (χ1n) is 8.07. The number of aromatic nitrogens is 2. The summed E-state index contributed by atoms with van der Waals surface area (Å²) in [6, 6.07) is 8.24. The molecule has 0 radical (unpaired) electrons. The van der Waals surface area contributed by atoms with Crippen LogP contribution in [0, 0.1) is 5.82 Å². The lowest BCUT2D eigenvalue weighted by Crippen LogP contribution is -2.32. The molecule has 0 aliphatic rings. The Hall–Kier alpha value is -3.02. The zero-order valence-corrected chi connectivity index (χ0v) is 15.6. The number of anilines is 2. The number of hydrogen-bond donors (Lipinski definition) is 2. The van der Waals surface area contributed by atoms with Gasteiger partial charge in [-0.25, -0.2) is 27.6 Å². The lowest BCUT2D eigenvalue weighted by atomic mass is 10.2. The van der Waals surface area contributed by atoms with Gasteiger partial charge in [-0.15, -0.1) is 0 Å². The van der Waals surface area contributed by atoms with Crippen molar-refractivity contribution in [3.05, 3.63) is 60.3 Å². The number of fused-ring (bicyclic) bond motifs is 1. The van der Waals surface area contributed by atoms with E-state index in [-0.39, 0.29) is 30.3 Å². The lowest BCUT2D eigenvalue weighted by Gasteiger charge is -2.25. The highest BCUT2D eigenvalue weighted by molar-refractivity contribution is 7.92. The Kier molecular flexibility index (Phi) is 5.58. The molecule has 0 spiro atoms. The van der Waals surface area contributed by atoms with E-state index in [1.165, 1.54) is 41.2 Å². The van der Waals surface area contributed by atoms with E-state index in [0.717, 1.165) is 16.6 Å². The molecule has 0 atom stereocenters. The Morgan fingerprint density at radius 1 is 1.32 bits per heavy atom. The Labute approximate surface area is 160 Å². The Morgan fingerprint density at radius 2 is 2.07 bits per heavy atom. The fourth-order valence-corrected chi connectivity index (χ4v) is 3.65. The predicted octanol–water partition coefficient (Wildman–Crippen LogP) is 1.22. The van der Waals surface area contributed by atoms with Crippen molar-refractivity contribution in [2.75, 3.05) is 23.8 Å². The number of carbonyl (C=O) groups excluding carboxylic acids is 1. The largest absolute Gasteiger partial charge is 0.394 e. The second-order valence-electron chi connectivity index (χ2n) is 5.74. The number of hydrogen-bond acceptors (Lipinski definition) is 6. The first kappa shape index (κ1) is 19.7. The second-order valence-corrected chi connectivity index (χ2v) is 7.57. The number of hydroxylamine groups is 1. The number of aliphatic hydroxyl groups excluding tert-OH is 1. The summed E-state index contributed by atoms with van der Waals surface area (Å²) in [7, 11) is -4.06. The van der Waals surface area contributed by atoms with Crippen LogP contribution in [-0.4, -0.2) is 48.3 Å². The van der Waals surface area contributed by atoms with Gasteiger partial charge in [-0.1, -0.05) is 12.1 Å². The van der Waals surface area contributed by atoms with Gasteiger partial charge in [0.25, 0.3) is 5.91 Å². The van der Waals surface area contributed by atoms with Gasteiger partial charge in [-0.2, -0.15) is 0 Å². The summed E-state index contributed by atoms with van der Waals surface area (Å²) in [5.41, 5.74) is 2.26. The maximum atomic E-state index is 14.5. The molecule has 2 aromatic heterocycles. The first-order chi connectivity index (χ1) is 13.3. The zero-order chi connectivity index (χ0) is 20.3. The van der Waals surface area contributed by atoms with Gasteiger partial charge in [-0.3, -0.25) is 14.0 Å². The third kappa shape index (κ3) is 3.81. The van der Waals surface area contributed by atoms with Crippen molar-refractivity contribution >= 4 is 33.0 Å². The third-order valence-corrected chi connectivity index (χ3v) is 4.79. The summed E-state index contributed by atoms with van der Waals surface area (Å²) in [5, 5.41) is 8.77. The van der Waals surface area contributed by atoms with Crippen LogP contribution < -0.4 is 9.79 Å². The average Bonchev–Trinajstić information content (AvgIpc) is 3.11. The van der Waals surface area contributed by atoms with Crippen molar-refractivity contribution in [1.82, 2.24) is 14.9 Å². The molecule has 0 saturated heterocycles. The van der Waals surface area contributed by atoms with Gasteiger partial charge in [0.15, 0.2) is 0 Å². The van der Waals surface area contributed by atoms with Gasteiger partial charge in [0.05, 0.1) is 42.4 Å². The number of aliphatic hydroxyl groups is 1. The summed E-state index contributed by atoms with van der Waals surface area (Å²) in [4.78, 5) is 21.4. The number of nitrogens with zero attached hydrogens (tertiary/aromatic N) is 3. The molecule has 2 N–H and O–H groups in total. The molecule has 1 amide bonds. The van der Waals surface area contributed by atoms with E-state index < -0.39 is 21.7 Å². The highest BCUT2D eigenvalue weighted by Crippen LogP contribution is 2.33. The van der Waals surface area contributed by atoms with Crippen molar-refractivity contribution in [3.63, 3.8) is 0 Å². The summed E-state index contributed by atoms with van der Waals surface area (Å²) in [6.07, 6.45) is 3.68. The third-order valence-electron chi connectivity index (χ3n) is 3.76. The fraction of sp³-hybridized carbons (Fsp3) is 0.176. The highest BCUT2D eigenvalue weighted by atomic mass is 32.2. The molecule has 148 valence electrons. The van der Waals surface area contributed by atoms with E-state index in [1.54, 1.807) is 6.07 Å². The Morgan fingerprint density at radius 3 is 2.75 bits per heavy atom. The average molecular weight is 408 g/mol. The summed E-state index contributed by atoms with van der Waals surface area (Å²) < 4.78 is 41.8. The Balaban J connectivity index is 2.26. The fourth-order valence-electron chi connectivity index (χ4n) is 2.65. The summed E-state index contributed by atoms with van der Waals surface area (Å²) >= 11 is 0. The first-order valence-corrected chi connectivity index (χ1v) is 9.92. The van der Waals surface area contributed by atoms with Crippen LogP contribution in [0.1, 0.15) is 10.4 Å². The molecular formula is C17H17FN4O5S. The molecule has 11 heteroatoms. The number of pyridine rings is 1. The van der Waals surface area contributed by atoms with Crippen LogP contribution in [0.3, 0.4) is 0 Å². The number of halogens is 1. The molecule has 0 aliphatic heterocycles. The van der Waals surface area contributed by atoms with Crippen LogP contribution >= 0.6 is 0 Å². The number of rotatable bonds is 7. The van der Waals surface area contributed by atoms with Crippen LogP contribution in [0.25, 0.3) is 5.52 Å². The minimum absolute atomic E-state index is 0.0999. The minimum Gasteiger partial charge on any atom is -0.394 e. The second kappa shape index (κ2) is 7.92. The van der Waals surface area contributed by atoms with Crippen molar-refractivity contribution in [2.45, 2.75) is 0 Å². The van der Waals surface area contributed by atoms with Gasteiger partial charge < -0.3 is 5.11 Å². The lowest BCUT2D eigenvalue weighted by molar-refractivity contribution is 0.0168. The van der Waals surface area contributed by atoms with Crippen LogP contribution in [0.4, 0.5) is 15.9 Å². The normalized spacial score (nSPS) is 11.5. The minimum atomic E-state index is -4.06. The van der Waals surface area contributed by atoms with Gasteiger partial charge in [0.1, 0.15) is 18.0 Å². The SMILES string of the molecule is CS(=O)(=O)N(c1ccccc1F)c1c(C(=O)NOCCO)ccc2cncn12. The summed E-state index contributed by atoms with van der Waals surface area (Å²) in [6.45, 7) is -0.476. The van der Waals surface area contributed by atoms with E-state index in [2.05, 4.69) is 10.5 Å². The number of imidazole rings is 1. The van der Waals surface area contributed by atoms with Crippen LogP contribution in [0.2, 0.25) is 0 Å². The topological polar surface area (TPSA) is 113 Å². The predicted molar refractivity (Wildman–Crippen MR) is 99.1 cm³/mol. The smallest absolute Gasteiger partial charge is 0.278 e. The van der Waals surface area contributed by atoms with Crippen molar-refractivity contribution in [2.24, 2.45) is 0 Å². The van der Waals surface area contributed by atoms with Gasteiger partial charge in [-0.05, 0) is 24.3 Å². The van der Waals surface area contributed by atoms with Crippen LogP contribution in [0.15, 0.2) is 48.9 Å². The number of carbonyl (C=O) groups is 1. The standard InChI is InChI=1S/C17H17FN4O5S/c1-28(25,26)22(15-5-3-2-4-14(15)18)17-13(16(24)20-27-9-8-23)7-6-12-10-19-11-21(12)17/h2-7,10-11,23H,8-9H2,1H3,(H,20,24). The molecule has 0 unspecified atom stereocenters. The quantitative estimate of drug-likeness (QED) is 0.449.